The van der Waals surface area contributed by atoms with Crippen molar-refractivity contribution in [2.75, 3.05) is 13.1 Å². The third kappa shape index (κ3) is 3.86. The summed E-state index contributed by atoms with van der Waals surface area (Å²) in [6, 6.07) is 10.7. The van der Waals surface area contributed by atoms with E-state index in [0.717, 1.165) is 29.5 Å². The quantitative estimate of drug-likeness (QED) is 0.804. The van der Waals surface area contributed by atoms with Gasteiger partial charge >= 0.3 is 0 Å². The van der Waals surface area contributed by atoms with Crippen LogP contribution < -0.4 is 14.8 Å². The standard InChI is InChI=1S/C18H19FN2O4S/c1-2-21-26(23,24)14-7-8-16(19)15(10-14)18(22)20-11-13-9-12-5-3-4-6-17(12)25-13/h3-8,10,13,21H,2,9,11H2,1H3,(H,20,22)/t13-/m1/s1. The summed E-state index contributed by atoms with van der Waals surface area (Å²) < 4.78 is 46.1. The summed E-state index contributed by atoms with van der Waals surface area (Å²) >= 11 is 0. The van der Waals surface area contributed by atoms with Crippen molar-refractivity contribution in [2.45, 2.75) is 24.3 Å². The van der Waals surface area contributed by atoms with Crippen LogP contribution in [0.4, 0.5) is 4.39 Å². The van der Waals surface area contributed by atoms with E-state index in [2.05, 4.69) is 10.0 Å². The predicted octanol–water partition coefficient (Wildman–Crippen LogP) is 1.86. The number of nitrogens with one attached hydrogen (secondary N) is 2. The molecule has 2 aromatic rings. The second kappa shape index (κ2) is 7.43. The number of para-hydroxylation sites is 1. The minimum atomic E-state index is -3.77. The topological polar surface area (TPSA) is 84.5 Å². The van der Waals surface area contributed by atoms with Gasteiger partial charge in [0.05, 0.1) is 17.0 Å². The van der Waals surface area contributed by atoms with Gasteiger partial charge in [-0.25, -0.2) is 17.5 Å². The van der Waals surface area contributed by atoms with Crippen LogP contribution in [-0.2, 0) is 16.4 Å². The van der Waals surface area contributed by atoms with Crippen LogP contribution >= 0.6 is 0 Å². The Labute approximate surface area is 151 Å². The van der Waals surface area contributed by atoms with Crippen molar-refractivity contribution in [3.63, 3.8) is 0 Å². The molecule has 26 heavy (non-hydrogen) atoms. The average Bonchev–Trinajstić information content (AvgIpc) is 3.02. The van der Waals surface area contributed by atoms with Gasteiger partial charge in [0.1, 0.15) is 17.7 Å². The van der Waals surface area contributed by atoms with Gasteiger partial charge in [0.2, 0.25) is 10.0 Å². The maximum atomic E-state index is 14.0. The van der Waals surface area contributed by atoms with Gasteiger partial charge in [-0.3, -0.25) is 4.79 Å². The molecule has 1 amide bonds. The molecule has 0 aromatic heterocycles. The predicted molar refractivity (Wildman–Crippen MR) is 94.2 cm³/mol. The molecule has 0 fully saturated rings. The van der Waals surface area contributed by atoms with Crippen molar-refractivity contribution in [3.05, 3.63) is 59.4 Å². The summed E-state index contributed by atoms with van der Waals surface area (Å²) in [4.78, 5) is 12.2. The molecule has 0 radical (unpaired) electrons. The van der Waals surface area contributed by atoms with Gasteiger partial charge in [0, 0.05) is 13.0 Å². The monoisotopic (exact) mass is 378 g/mol. The molecule has 0 saturated carbocycles. The average molecular weight is 378 g/mol. The van der Waals surface area contributed by atoms with E-state index < -0.39 is 21.7 Å². The smallest absolute Gasteiger partial charge is 0.254 e. The Kier molecular flexibility index (Phi) is 5.24. The van der Waals surface area contributed by atoms with Gasteiger partial charge in [-0.1, -0.05) is 25.1 Å². The van der Waals surface area contributed by atoms with Crippen LogP contribution in [0.5, 0.6) is 5.75 Å². The van der Waals surface area contributed by atoms with E-state index in [4.69, 9.17) is 4.74 Å². The first-order valence-corrected chi connectivity index (χ1v) is 9.71. The number of amides is 1. The highest BCUT2D eigenvalue weighted by Crippen LogP contribution is 2.27. The molecule has 6 nitrogen and oxygen atoms in total. The Balaban J connectivity index is 1.69. The van der Waals surface area contributed by atoms with E-state index in [9.17, 15) is 17.6 Å². The van der Waals surface area contributed by atoms with Gasteiger partial charge < -0.3 is 10.1 Å². The van der Waals surface area contributed by atoms with Crippen molar-refractivity contribution in [3.8, 4) is 5.75 Å². The molecule has 1 atom stereocenters. The lowest BCUT2D eigenvalue weighted by molar-refractivity contribution is 0.0929. The van der Waals surface area contributed by atoms with Gasteiger partial charge in [-0.15, -0.1) is 0 Å². The van der Waals surface area contributed by atoms with Gasteiger partial charge in [0.15, 0.2) is 0 Å². The van der Waals surface area contributed by atoms with Crippen LogP contribution in [0.2, 0.25) is 0 Å². The zero-order valence-corrected chi connectivity index (χ0v) is 15.0. The molecule has 0 spiro atoms. The normalized spacial score (nSPS) is 16.0. The van der Waals surface area contributed by atoms with Crippen LogP contribution in [0.25, 0.3) is 0 Å². The summed E-state index contributed by atoms with van der Waals surface area (Å²) in [5.74, 6) is -0.694. The highest BCUT2D eigenvalue weighted by atomic mass is 32.2. The first kappa shape index (κ1) is 18.3. The fourth-order valence-electron chi connectivity index (χ4n) is 2.79. The van der Waals surface area contributed by atoms with Crippen LogP contribution in [0, 0.1) is 5.82 Å². The Morgan fingerprint density at radius 3 is 2.77 bits per heavy atom. The van der Waals surface area contributed by atoms with Crippen molar-refractivity contribution in [1.29, 1.82) is 0 Å². The molecule has 0 aliphatic carbocycles. The molecule has 1 aliphatic heterocycles. The Morgan fingerprint density at radius 2 is 2.04 bits per heavy atom. The fourth-order valence-corrected chi connectivity index (χ4v) is 3.86. The van der Waals surface area contributed by atoms with Crippen LogP contribution in [0.15, 0.2) is 47.4 Å². The summed E-state index contributed by atoms with van der Waals surface area (Å²) in [5, 5.41) is 2.61. The molecule has 8 heteroatoms. The summed E-state index contributed by atoms with van der Waals surface area (Å²) in [7, 11) is -3.77. The van der Waals surface area contributed by atoms with Gasteiger partial charge in [-0.05, 0) is 29.8 Å². The Morgan fingerprint density at radius 1 is 1.27 bits per heavy atom. The molecule has 0 bridgehead atoms. The SMILES string of the molecule is CCNS(=O)(=O)c1ccc(F)c(C(=O)NC[C@H]2Cc3ccccc3O2)c1. The molecule has 1 heterocycles. The number of hydrogen-bond donors (Lipinski definition) is 2. The van der Waals surface area contributed by atoms with E-state index in [0.29, 0.717) is 6.42 Å². The molecule has 138 valence electrons. The molecule has 2 aromatic carbocycles. The number of hydrogen-bond acceptors (Lipinski definition) is 4. The van der Waals surface area contributed by atoms with Crippen molar-refractivity contribution >= 4 is 15.9 Å². The molecule has 3 rings (SSSR count). The van der Waals surface area contributed by atoms with Crippen molar-refractivity contribution < 1.29 is 22.3 Å². The third-order valence-corrected chi connectivity index (χ3v) is 5.57. The minimum Gasteiger partial charge on any atom is -0.488 e. The van der Waals surface area contributed by atoms with Gasteiger partial charge in [0.25, 0.3) is 5.91 Å². The lowest BCUT2D eigenvalue weighted by Crippen LogP contribution is -2.35. The maximum absolute atomic E-state index is 14.0. The summed E-state index contributed by atoms with van der Waals surface area (Å²) in [6.07, 6.45) is 0.404. The Bertz CT molecular complexity index is 906. The number of carbonyl (C=O) groups is 1. The minimum absolute atomic E-state index is 0.157. The zero-order chi connectivity index (χ0) is 18.7. The van der Waals surface area contributed by atoms with Crippen molar-refractivity contribution in [2.24, 2.45) is 0 Å². The van der Waals surface area contributed by atoms with E-state index in [-0.39, 0.29) is 29.7 Å². The van der Waals surface area contributed by atoms with E-state index in [1.807, 2.05) is 24.3 Å². The lowest BCUT2D eigenvalue weighted by atomic mass is 10.1. The van der Waals surface area contributed by atoms with Crippen LogP contribution in [0.1, 0.15) is 22.8 Å². The number of carbonyl (C=O) groups excluding carboxylic acids is 1. The van der Waals surface area contributed by atoms with E-state index >= 15 is 0 Å². The van der Waals surface area contributed by atoms with Crippen LogP contribution in [-0.4, -0.2) is 33.5 Å². The maximum Gasteiger partial charge on any atom is 0.254 e. The van der Waals surface area contributed by atoms with Crippen molar-refractivity contribution in [1.82, 2.24) is 10.0 Å². The molecular formula is C18H19FN2O4S. The molecule has 0 unspecified atom stereocenters. The summed E-state index contributed by atoms with van der Waals surface area (Å²) in [5.41, 5.74) is 0.733. The number of benzene rings is 2. The van der Waals surface area contributed by atoms with E-state index in [1.54, 1.807) is 6.92 Å². The number of ether oxygens (including phenoxy) is 1. The van der Waals surface area contributed by atoms with Crippen LogP contribution in [0.3, 0.4) is 0 Å². The number of fused-ring (bicyclic) bond motifs is 1. The molecule has 0 saturated heterocycles. The number of sulfonamides is 1. The van der Waals surface area contributed by atoms with Gasteiger partial charge in [-0.2, -0.15) is 0 Å². The third-order valence-electron chi connectivity index (χ3n) is 4.03. The first-order chi connectivity index (χ1) is 12.4. The second-order valence-electron chi connectivity index (χ2n) is 5.90. The van der Waals surface area contributed by atoms with E-state index in [1.165, 1.54) is 0 Å². The highest BCUT2D eigenvalue weighted by molar-refractivity contribution is 7.89. The largest absolute Gasteiger partial charge is 0.488 e. The number of rotatable bonds is 6. The molecule has 2 N–H and O–H groups in total. The first-order valence-electron chi connectivity index (χ1n) is 8.22. The highest BCUT2D eigenvalue weighted by Gasteiger charge is 2.24. The fraction of sp³-hybridized carbons (Fsp3) is 0.278. The number of halogens is 1. The molecular weight excluding hydrogens is 359 g/mol. The Hall–Kier alpha value is -2.45. The molecule has 1 aliphatic rings. The summed E-state index contributed by atoms with van der Waals surface area (Å²) in [6.45, 7) is 2.02. The second-order valence-corrected chi connectivity index (χ2v) is 7.67. The lowest BCUT2D eigenvalue weighted by Gasteiger charge is -2.13. The zero-order valence-electron chi connectivity index (χ0n) is 14.2.